The SMILES string of the molecule is CCNC(=NCC(C(C)C)N1CCN(C)CC1)NCCC(=O)N(CC)CC. The van der Waals surface area contributed by atoms with Crippen LogP contribution in [-0.4, -0.2) is 98.6 Å². The average Bonchev–Trinajstić information content (AvgIpc) is 2.64. The van der Waals surface area contributed by atoms with Crippen LogP contribution >= 0.6 is 0 Å². The van der Waals surface area contributed by atoms with Crippen molar-refractivity contribution in [2.75, 3.05) is 66.0 Å². The Morgan fingerprint density at radius 2 is 1.70 bits per heavy atom. The minimum absolute atomic E-state index is 0.195. The molecule has 0 aromatic heterocycles. The van der Waals surface area contributed by atoms with Gasteiger partial charge in [0.15, 0.2) is 5.96 Å². The first kappa shape index (κ1) is 23.7. The number of nitrogens with zero attached hydrogens (tertiary/aromatic N) is 4. The number of nitrogens with one attached hydrogen (secondary N) is 2. The van der Waals surface area contributed by atoms with Crippen molar-refractivity contribution in [1.82, 2.24) is 25.3 Å². The van der Waals surface area contributed by atoms with Gasteiger partial charge in [-0.1, -0.05) is 13.8 Å². The second-order valence-corrected chi connectivity index (χ2v) is 7.61. The summed E-state index contributed by atoms with van der Waals surface area (Å²) in [7, 11) is 2.19. The lowest BCUT2D eigenvalue weighted by Crippen LogP contribution is -2.52. The van der Waals surface area contributed by atoms with Crippen molar-refractivity contribution in [2.45, 2.75) is 47.1 Å². The first-order valence-corrected chi connectivity index (χ1v) is 10.6. The standard InChI is InChI=1S/C20H42N6O/c1-7-21-20(22-11-10-19(27)25(8-2)9-3)23-16-18(17(4)5)26-14-12-24(6)13-15-26/h17-18H,7-16H2,1-6H3,(H2,21,22,23). The van der Waals surface area contributed by atoms with Gasteiger partial charge in [-0.2, -0.15) is 0 Å². The monoisotopic (exact) mass is 382 g/mol. The van der Waals surface area contributed by atoms with E-state index >= 15 is 0 Å². The topological polar surface area (TPSA) is 63.2 Å². The number of carbonyl (C=O) groups excluding carboxylic acids is 1. The van der Waals surface area contributed by atoms with Crippen LogP contribution in [0.5, 0.6) is 0 Å². The maximum absolute atomic E-state index is 12.1. The Balaban J connectivity index is 2.58. The third-order valence-electron chi connectivity index (χ3n) is 5.30. The van der Waals surface area contributed by atoms with E-state index in [4.69, 9.17) is 4.99 Å². The van der Waals surface area contributed by atoms with Crippen LogP contribution in [0.1, 0.15) is 41.0 Å². The highest BCUT2D eigenvalue weighted by atomic mass is 16.2. The van der Waals surface area contributed by atoms with Gasteiger partial charge in [0.2, 0.25) is 5.91 Å². The third kappa shape index (κ3) is 8.47. The van der Waals surface area contributed by atoms with Crippen LogP contribution in [0.4, 0.5) is 0 Å². The summed E-state index contributed by atoms with van der Waals surface area (Å²) in [6.07, 6.45) is 0.498. The molecule has 158 valence electrons. The molecule has 1 rings (SSSR count). The Hall–Kier alpha value is -1.34. The molecule has 0 spiro atoms. The highest BCUT2D eigenvalue weighted by Gasteiger charge is 2.24. The molecule has 1 unspecified atom stereocenters. The molecule has 1 amide bonds. The van der Waals surface area contributed by atoms with Crippen LogP contribution in [0.2, 0.25) is 0 Å². The number of aliphatic imine (C=N–C) groups is 1. The summed E-state index contributed by atoms with van der Waals surface area (Å²) in [6, 6.07) is 0.450. The summed E-state index contributed by atoms with van der Waals surface area (Å²) in [5.41, 5.74) is 0. The van der Waals surface area contributed by atoms with Gasteiger partial charge in [-0.05, 0) is 33.7 Å². The maximum Gasteiger partial charge on any atom is 0.224 e. The summed E-state index contributed by atoms with van der Waals surface area (Å²) < 4.78 is 0. The van der Waals surface area contributed by atoms with Crippen LogP contribution < -0.4 is 10.6 Å². The van der Waals surface area contributed by atoms with E-state index in [0.29, 0.717) is 24.9 Å². The fraction of sp³-hybridized carbons (Fsp3) is 0.900. The Labute approximate surface area is 166 Å². The molecular formula is C20H42N6O. The normalized spacial score (nSPS) is 17.8. The molecule has 0 aromatic carbocycles. The zero-order chi connectivity index (χ0) is 20.2. The van der Waals surface area contributed by atoms with E-state index in [-0.39, 0.29) is 5.91 Å². The smallest absolute Gasteiger partial charge is 0.224 e. The summed E-state index contributed by atoms with van der Waals surface area (Å²) in [5, 5.41) is 6.63. The summed E-state index contributed by atoms with van der Waals surface area (Å²) in [6.45, 7) is 18.9. The van der Waals surface area contributed by atoms with Crippen molar-refractivity contribution in [1.29, 1.82) is 0 Å². The van der Waals surface area contributed by atoms with E-state index < -0.39 is 0 Å². The second-order valence-electron chi connectivity index (χ2n) is 7.61. The molecule has 7 heteroatoms. The van der Waals surface area contributed by atoms with E-state index in [2.05, 4.69) is 48.3 Å². The van der Waals surface area contributed by atoms with E-state index in [9.17, 15) is 4.79 Å². The van der Waals surface area contributed by atoms with Crippen molar-refractivity contribution in [3.05, 3.63) is 0 Å². The molecule has 0 bridgehead atoms. The molecule has 0 saturated carbocycles. The lowest BCUT2D eigenvalue weighted by Gasteiger charge is -2.39. The van der Waals surface area contributed by atoms with E-state index in [1.54, 1.807) is 0 Å². The van der Waals surface area contributed by atoms with Crippen molar-refractivity contribution < 1.29 is 4.79 Å². The molecule has 2 N–H and O–H groups in total. The van der Waals surface area contributed by atoms with Gasteiger partial charge in [-0.25, -0.2) is 0 Å². The highest BCUT2D eigenvalue weighted by Crippen LogP contribution is 2.14. The Morgan fingerprint density at radius 1 is 1.07 bits per heavy atom. The van der Waals surface area contributed by atoms with Gasteiger partial charge >= 0.3 is 0 Å². The van der Waals surface area contributed by atoms with Crippen molar-refractivity contribution in [2.24, 2.45) is 10.9 Å². The Bertz CT molecular complexity index is 442. The number of hydrogen-bond donors (Lipinski definition) is 2. The molecule has 1 saturated heterocycles. The molecule has 1 aliphatic heterocycles. The van der Waals surface area contributed by atoms with E-state index in [0.717, 1.165) is 58.3 Å². The van der Waals surface area contributed by atoms with Gasteiger partial charge < -0.3 is 20.4 Å². The number of rotatable bonds is 10. The fourth-order valence-electron chi connectivity index (χ4n) is 3.45. The molecule has 1 atom stereocenters. The molecule has 0 aromatic rings. The van der Waals surface area contributed by atoms with Crippen molar-refractivity contribution in [3.63, 3.8) is 0 Å². The molecule has 0 aliphatic carbocycles. The number of carbonyl (C=O) groups is 1. The fourth-order valence-corrected chi connectivity index (χ4v) is 3.45. The first-order chi connectivity index (χ1) is 12.9. The Morgan fingerprint density at radius 3 is 2.22 bits per heavy atom. The van der Waals surface area contributed by atoms with Crippen LogP contribution in [0.25, 0.3) is 0 Å². The average molecular weight is 383 g/mol. The number of hydrogen-bond acceptors (Lipinski definition) is 4. The van der Waals surface area contributed by atoms with Gasteiger partial charge in [0.25, 0.3) is 0 Å². The third-order valence-corrected chi connectivity index (χ3v) is 5.30. The van der Waals surface area contributed by atoms with Crippen LogP contribution in [0.15, 0.2) is 4.99 Å². The lowest BCUT2D eigenvalue weighted by molar-refractivity contribution is -0.130. The molecule has 0 radical (unpaired) electrons. The minimum Gasteiger partial charge on any atom is -0.357 e. The predicted octanol–water partition coefficient (Wildman–Crippen LogP) is 1.07. The molecule has 1 aliphatic rings. The number of piperazine rings is 1. The van der Waals surface area contributed by atoms with Crippen LogP contribution in [0, 0.1) is 5.92 Å². The second kappa shape index (κ2) is 12.9. The molecule has 27 heavy (non-hydrogen) atoms. The highest BCUT2D eigenvalue weighted by molar-refractivity contribution is 5.81. The molecular weight excluding hydrogens is 340 g/mol. The molecule has 1 fully saturated rings. The van der Waals surface area contributed by atoms with Gasteiger partial charge in [0.1, 0.15) is 0 Å². The van der Waals surface area contributed by atoms with E-state index in [1.807, 2.05) is 18.7 Å². The molecule has 1 heterocycles. The first-order valence-electron chi connectivity index (χ1n) is 10.6. The minimum atomic E-state index is 0.195. The Kier molecular flexibility index (Phi) is 11.4. The lowest BCUT2D eigenvalue weighted by atomic mass is 10.0. The quantitative estimate of drug-likeness (QED) is 0.437. The van der Waals surface area contributed by atoms with E-state index in [1.165, 1.54) is 0 Å². The zero-order valence-electron chi connectivity index (χ0n) is 18.4. The summed E-state index contributed by atoms with van der Waals surface area (Å²) >= 11 is 0. The van der Waals surface area contributed by atoms with Crippen molar-refractivity contribution in [3.8, 4) is 0 Å². The van der Waals surface area contributed by atoms with Gasteiger partial charge in [0, 0.05) is 64.8 Å². The summed E-state index contributed by atoms with van der Waals surface area (Å²) in [5.74, 6) is 1.56. The number of guanidine groups is 1. The van der Waals surface area contributed by atoms with Crippen LogP contribution in [-0.2, 0) is 4.79 Å². The predicted molar refractivity (Wildman–Crippen MR) is 114 cm³/mol. The van der Waals surface area contributed by atoms with Crippen LogP contribution in [0.3, 0.4) is 0 Å². The largest absolute Gasteiger partial charge is 0.357 e. The summed E-state index contributed by atoms with van der Waals surface area (Å²) in [4.78, 5) is 23.8. The zero-order valence-corrected chi connectivity index (χ0v) is 18.4. The number of amides is 1. The van der Waals surface area contributed by atoms with Gasteiger partial charge in [0.05, 0.1) is 6.54 Å². The van der Waals surface area contributed by atoms with Gasteiger partial charge in [-0.3, -0.25) is 14.7 Å². The number of likely N-dealkylation sites (N-methyl/N-ethyl adjacent to an activating group) is 1. The molecule has 7 nitrogen and oxygen atoms in total. The van der Waals surface area contributed by atoms with Gasteiger partial charge in [-0.15, -0.1) is 0 Å². The maximum atomic E-state index is 12.1. The van der Waals surface area contributed by atoms with Crippen molar-refractivity contribution >= 4 is 11.9 Å².